The van der Waals surface area contributed by atoms with E-state index in [1.165, 1.54) is 18.3 Å². The highest BCUT2D eigenvalue weighted by molar-refractivity contribution is 7.13. The molecule has 6 rings (SSSR count). The van der Waals surface area contributed by atoms with Gasteiger partial charge < -0.3 is 20.4 Å². The van der Waals surface area contributed by atoms with Crippen LogP contribution >= 0.6 is 11.3 Å². The molecule has 3 aromatic carbocycles. The molecule has 0 aliphatic carbocycles. The van der Waals surface area contributed by atoms with Crippen molar-refractivity contribution in [3.05, 3.63) is 102 Å². The molecule has 2 atom stereocenters. The summed E-state index contributed by atoms with van der Waals surface area (Å²) in [6, 6.07) is 22.8. The van der Waals surface area contributed by atoms with E-state index in [0.717, 1.165) is 28.2 Å². The number of likely N-dealkylation sites (tertiary alicyclic amines) is 1. The standard InChI is InChI=1S/C34H31N5O4S/c1-22(40)38-19-5-9-29(38)31(41)35-27-17-13-24(14-18-27)33-37-28(21-44-33)23-11-15-26(16-12-23)36-32(42)30-10-6-20-39(30)34(43)25-7-3-2-4-8-25/h2-4,6-8,10-18,21,29-30H,5,9,19-20H2,1H3,(H,35,41)(H,36,42). The van der Waals surface area contributed by atoms with Gasteiger partial charge in [-0.25, -0.2) is 4.98 Å². The van der Waals surface area contributed by atoms with Crippen molar-refractivity contribution in [3.63, 3.8) is 0 Å². The third-order valence-electron chi connectivity index (χ3n) is 7.82. The van der Waals surface area contributed by atoms with Crippen molar-refractivity contribution in [2.24, 2.45) is 0 Å². The minimum absolute atomic E-state index is 0.0815. The molecule has 222 valence electrons. The molecule has 0 spiro atoms. The fraction of sp³-hybridized carbons (Fsp3) is 0.206. The van der Waals surface area contributed by atoms with E-state index in [1.54, 1.807) is 40.1 Å². The van der Waals surface area contributed by atoms with Gasteiger partial charge in [-0.1, -0.05) is 42.5 Å². The van der Waals surface area contributed by atoms with Crippen molar-refractivity contribution >= 4 is 46.3 Å². The molecule has 1 aromatic heterocycles. The van der Waals surface area contributed by atoms with Crippen molar-refractivity contribution in [3.8, 4) is 21.8 Å². The number of carbonyl (C=O) groups excluding carboxylic acids is 4. The quantitative estimate of drug-likeness (QED) is 0.272. The zero-order chi connectivity index (χ0) is 30.6. The van der Waals surface area contributed by atoms with Crippen LogP contribution in [0.2, 0.25) is 0 Å². The van der Waals surface area contributed by atoms with Gasteiger partial charge in [0, 0.05) is 53.5 Å². The minimum Gasteiger partial charge on any atom is -0.331 e. The van der Waals surface area contributed by atoms with Crippen LogP contribution in [0.3, 0.4) is 0 Å². The predicted octanol–water partition coefficient (Wildman–Crippen LogP) is 5.45. The minimum atomic E-state index is -0.680. The molecule has 4 aromatic rings. The van der Waals surface area contributed by atoms with Gasteiger partial charge in [0.25, 0.3) is 11.8 Å². The summed E-state index contributed by atoms with van der Waals surface area (Å²) in [5.74, 6) is -0.706. The summed E-state index contributed by atoms with van der Waals surface area (Å²) in [6.45, 7) is 2.49. The Morgan fingerprint density at radius 2 is 1.48 bits per heavy atom. The highest BCUT2D eigenvalue weighted by Gasteiger charge is 2.33. The highest BCUT2D eigenvalue weighted by Crippen LogP contribution is 2.30. The van der Waals surface area contributed by atoms with Gasteiger partial charge in [-0.3, -0.25) is 19.2 Å². The predicted molar refractivity (Wildman–Crippen MR) is 171 cm³/mol. The highest BCUT2D eigenvalue weighted by atomic mass is 32.1. The monoisotopic (exact) mass is 605 g/mol. The summed E-state index contributed by atoms with van der Waals surface area (Å²) in [7, 11) is 0. The van der Waals surface area contributed by atoms with Crippen molar-refractivity contribution in [1.82, 2.24) is 14.8 Å². The van der Waals surface area contributed by atoms with E-state index in [4.69, 9.17) is 4.98 Å². The maximum Gasteiger partial charge on any atom is 0.255 e. The van der Waals surface area contributed by atoms with Crippen LogP contribution in [-0.2, 0) is 14.4 Å². The Morgan fingerprint density at radius 1 is 0.818 bits per heavy atom. The van der Waals surface area contributed by atoms with E-state index < -0.39 is 12.1 Å². The van der Waals surface area contributed by atoms with E-state index in [2.05, 4.69) is 10.6 Å². The van der Waals surface area contributed by atoms with Gasteiger partial charge in [0.2, 0.25) is 11.8 Å². The van der Waals surface area contributed by atoms with Gasteiger partial charge in [-0.15, -0.1) is 11.3 Å². The lowest BCUT2D eigenvalue weighted by Crippen LogP contribution is -2.43. The molecule has 2 N–H and O–H groups in total. The first-order chi connectivity index (χ1) is 21.4. The summed E-state index contributed by atoms with van der Waals surface area (Å²) >= 11 is 1.52. The largest absolute Gasteiger partial charge is 0.331 e. The zero-order valence-electron chi connectivity index (χ0n) is 24.1. The van der Waals surface area contributed by atoms with Crippen LogP contribution in [0, 0.1) is 0 Å². The zero-order valence-corrected chi connectivity index (χ0v) is 24.9. The molecule has 2 unspecified atom stereocenters. The van der Waals surface area contributed by atoms with Gasteiger partial charge in [-0.2, -0.15) is 0 Å². The third kappa shape index (κ3) is 6.16. The van der Waals surface area contributed by atoms with Gasteiger partial charge in [0.05, 0.1) is 5.69 Å². The smallest absolute Gasteiger partial charge is 0.255 e. The summed E-state index contributed by atoms with van der Waals surface area (Å²) in [4.78, 5) is 58.5. The summed E-state index contributed by atoms with van der Waals surface area (Å²) in [5, 5.41) is 8.67. The number of carbonyl (C=O) groups is 4. The van der Waals surface area contributed by atoms with Crippen LogP contribution in [0.1, 0.15) is 30.1 Å². The molecule has 10 heteroatoms. The van der Waals surface area contributed by atoms with Crippen molar-refractivity contribution in [2.75, 3.05) is 23.7 Å². The molecule has 2 aliphatic rings. The van der Waals surface area contributed by atoms with E-state index in [-0.39, 0.29) is 23.6 Å². The second kappa shape index (κ2) is 12.6. The molecule has 1 saturated heterocycles. The molecule has 0 bridgehead atoms. The molecule has 1 fully saturated rings. The number of anilines is 2. The lowest BCUT2D eigenvalue weighted by molar-refractivity contribution is -0.134. The number of benzene rings is 3. The lowest BCUT2D eigenvalue weighted by atomic mass is 10.1. The number of rotatable bonds is 7. The molecule has 44 heavy (non-hydrogen) atoms. The maximum atomic E-state index is 13.1. The Labute approximate surface area is 259 Å². The Bertz CT molecular complexity index is 1720. The summed E-state index contributed by atoms with van der Waals surface area (Å²) in [5.41, 5.74) is 4.48. The normalized spacial score (nSPS) is 17.5. The molecule has 0 radical (unpaired) electrons. The van der Waals surface area contributed by atoms with Crippen LogP contribution in [0.4, 0.5) is 11.4 Å². The van der Waals surface area contributed by atoms with E-state index in [0.29, 0.717) is 36.4 Å². The second-order valence-electron chi connectivity index (χ2n) is 10.7. The Hall–Kier alpha value is -5.09. The Kier molecular flexibility index (Phi) is 8.33. The van der Waals surface area contributed by atoms with Crippen molar-refractivity contribution in [1.29, 1.82) is 0 Å². The molecular weight excluding hydrogens is 574 g/mol. The van der Waals surface area contributed by atoms with Gasteiger partial charge >= 0.3 is 0 Å². The number of hydrogen-bond donors (Lipinski definition) is 2. The van der Waals surface area contributed by atoms with Gasteiger partial charge in [0.1, 0.15) is 17.1 Å². The van der Waals surface area contributed by atoms with Crippen LogP contribution in [-0.4, -0.2) is 63.6 Å². The summed E-state index contributed by atoms with van der Waals surface area (Å²) in [6.07, 6.45) is 5.08. The maximum absolute atomic E-state index is 13.1. The lowest BCUT2D eigenvalue weighted by Gasteiger charge is -2.24. The van der Waals surface area contributed by atoms with Crippen LogP contribution in [0.25, 0.3) is 21.8 Å². The first kappa shape index (κ1) is 29.0. The third-order valence-corrected chi connectivity index (χ3v) is 8.71. The van der Waals surface area contributed by atoms with Gasteiger partial charge in [-0.05, 0) is 61.4 Å². The summed E-state index contributed by atoms with van der Waals surface area (Å²) < 4.78 is 0. The molecule has 3 heterocycles. The van der Waals surface area contributed by atoms with Crippen LogP contribution in [0.5, 0.6) is 0 Å². The number of aromatic nitrogens is 1. The average molecular weight is 606 g/mol. The SMILES string of the molecule is CC(=O)N1CCCC1C(=O)Nc1ccc(-c2nc(-c3ccc(NC(=O)C4C=CCN4C(=O)c4ccccc4)cc3)cs2)cc1. The fourth-order valence-electron chi connectivity index (χ4n) is 5.52. The number of hydrogen-bond acceptors (Lipinski definition) is 6. The van der Waals surface area contributed by atoms with E-state index >= 15 is 0 Å². The number of nitrogens with zero attached hydrogens (tertiary/aromatic N) is 3. The van der Waals surface area contributed by atoms with Crippen LogP contribution in [0.15, 0.2) is 96.4 Å². The second-order valence-corrected chi connectivity index (χ2v) is 11.6. The van der Waals surface area contributed by atoms with E-state index in [9.17, 15) is 19.2 Å². The number of nitrogens with one attached hydrogen (secondary N) is 2. The molecule has 0 saturated carbocycles. The van der Waals surface area contributed by atoms with Crippen molar-refractivity contribution < 1.29 is 19.2 Å². The first-order valence-electron chi connectivity index (χ1n) is 14.5. The van der Waals surface area contributed by atoms with E-state index in [1.807, 2.05) is 66.1 Å². The molecule has 9 nitrogen and oxygen atoms in total. The number of thiazole rings is 1. The molecule has 2 aliphatic heterocycles. The van der Waals surface area contributed by atoms with Crippen molar-refractivity contribution in [2.45, 2.75) is 31.8 Å². The Balaban J connectivity index is 1.06. The topological polar surface area (TPSA) is 112 Å². The fourth-order valence-corrected chi connectivity index (χ4v) is 6.36. The Morgan fingerprint density at radius 3 is 2.16 bits per heavy atom. The van der Waals surface area contributed by atoms with Crippen LogP contribution < -0.4 is 10.6 Å². The first-order valence-corrected chi connectivity index (χ1v) is 15.3. The molecular formula is C34H31N5O4S. The molecule has 4 amide bonds. The average Bonchev–Trinajstić information content (AvgIpc) is 3.83. The van der Waals surface area contributed by atoms with Gasteiger partial charge in [0.15, 0.2) is 0 Å². The number of amides is 4.